The van der Waals surface area contributed by atoms with E-state index in [0.29, 0.717) is 18.5 Å². The van der Waals surface area contributed by atoms with Gasteiger partial charge in [-0.1, -0.05) is 72.8 Å². The van der Waals surface area contributed by atoms with Crippen LogP contribution in [0.2, 0.25) is 0 Å². The molecule has 1 N–H and O–H groups in total. The first-order valence-electron chi connectivity index (χ1n) is 9.70. The van der Waals surface area contributed by atoms with E-state index in [0.717, 1.165) is 17.5 Å². The van der Waals surface area contributed by atoms with E-state index >= 15 is 0 Å². The highest BCUT2D eigenvalue weighted by molar-refractivity contribution is 5.94. The number of benzene rings is 3. The molecule has 0 radical (unpaired) electrons. The summed E-state index contributed by atoms with van der Waals surface area (Å²) in [5.41, 5.74) is 3.48. The van der Waals surface area contributed by atoms with Crippen molar-refractivity contribution >= 4 is 11.9 Å². The second kappa shape index (κ2) is 9.69. The number of likely N-dealkylation sites (N-methyl/N-ethyl adjacent to an activating group) is 1. The summed E-state index contributed by atoms with van der Waals surface area (Å²) in [6.07, 6.45) is 1.19. The number of nitrogens with zero attached hydrogens (tertiary/aromatic N) is 1. The minimum absolute atomic E-state index is 0.0367. The summed E-state index contributed by atoms with van der Waals surface area (Å²) in [5, 5.41) is 9.60. The van der Waals surface area contributed by atoms with Crippen molar-refractivity contribution < 1.29 is 14.7 Å². The third kappa shape index (κ3) is 5.55. The molecule has 0 aliphatic rings. The van der Waals surface area contributed by atoms with Crippen LogP contribution in [0.5, 0.6) is 0 Å². The molecule has 0 heterocycles. The molecule has 29 heavy (non-hydrogen) atoms. The van der Waals surface area contributed by atoms with Crippen LogP contribution in [0.25, 0.3) is 0 Å². The van der Waals surface area contributed by atoms with Crippen LogP contribution in [0.4, 0.5) is 0 Å². The molecule has 1 unspecified atom stereocenters. The van der Waals surface area contributed by atoms with Gasteiger partial charge in [0.25, 0.3) is 5.91 Å². The molecule has 0 aromatic heterocycles. The van der Waals surface area contributed by atoms with Crippen LogP contribution in [0.3, 0.4) is 0 Å². The van der Waals surface area contributed by atoms with E-state index in [1.54, 1.807) is 24.1 Å². The molecular formula is C25H25NO3. The fourth-order valence-electron chi connectivity index (χ4n) is 3.32. The maximum Gasteiger partial charge on any atom is 0.311 e. The highest BCUT2D eigenvalue weighted by Crippen LogP contribution is 2.22. The van der Waals surface area contributed by atoms with Gasteiger partial charge < -0.3 is 10.0 Å². The Hall–Kier alpha value is -3.40. The van der Waals surface area contributed by atoms with Gasteiger partial charge in [-0.15, -0.1) is 0 Å². The lowest BCUT2D eigenvalue weighted by molar-refractivity contribution is -0.138. The monoisotopic (exact) mass is 387 g/mol. The van der Waals surface area contributed by atoms with Crippen molar-refractivity contribution in [1.82, 2.24) is 4.90 Å². The minimum atomic E-state index is -0.850. The van der Waals surface area contributed by atoms with Crippen molar-refractivity contribution in [2.75, 3.05) is 13.6 Å². The Morgan fingerprint density at radius 2 is 1.41 bits per heavy atom. The molecule has 0 fully saturated rings. The molecule has 4 heteroatoms. The number of carbonyl (C=O) groups excluding carboxylic acids is 1. The fourth-order valence-corrected chi connectivity index (χ4v) is 3.32. The first kappa shape index (κ1) is 20.3. The van der Waals surface area contributed by atoms with Gasteiger partial charge in [0.1, 0.15) is 0 Å². The van der Waals surface area contributed by atoms with Crippen molar-refractivity contribution in [2.24, 2.45) is 0 Å². The number of carboxylic acid groups (broad SMARTS) is 1. The SMILES string of the molecule is CN(CCc1ccccc1)C(=O)c1ccc(CC(C(=O)O)c2ccccc2)cc1. The van der Waals surface area contributed by atoms with Crippen LogP contribution in [0, 0.1) is 0 Å². The third-order valence-corrected chi connectivity index (χ3v) is 5.07. The van der Waals surface area contributed by atoms with Crippen LogP contribution in [0.15, 0.2) is 84.9 Å². The van der Waals surface area contributed by atoms with E-state index in [4.69, 9.17) is 0 Å². The van der Waals surface area contributed by atoms with Gasteiger partial charge in [-0.3, -0.25) is 9.59 Å². The lowest BCUT2D eigenvalue weighted by Gasteiger charge is -2.18. The maximum absolute atomic E-state index is 12.7. The Kier molecular flexibility index (Phi) is 6.80. The van der Waals surface area contributed by atoms with E-state index in [9.17, 15) is 14.7 Å². The summed E-state index contributed by atoms with van der Waals surface area (Å²) in [4.78, 5) is 26.1. The number of carboxylic acids is 1. The van der Waals surface area contributed by atoms with E-state index < -0.39 is 11.9 Å². The largest absolute Gasteiger partial charge is 0.481 e. The topological polar surface area (TPSA) is 57.6 Å². The van der Waals surface area contributed by atoms with Gasteiger partial charge in [0, 0.05) is 19.2 Å². The van der Waals surface area contributed by atoms with Gasteiger partial charge in [-0.25, -0.2) is 0 Å². The van der Waals surface area contributed by atoms with E-state index in [1.165, 1.54) is 5.56 Å². The number of aliphatic carboxylic acids is 1. The molecule has 0 aliphatic carbocycles. The van der Waals surface area contributed by atoms with Gasteiger partial charge in [0.2, 0.25) is 0 Å². The number of rotatable bonds is 8. The predicted octanol–water partition coefficient (Wildman–Crippen LogP) is 4.41. The van der Waals surface area contributed by atoms with Gasteiger partial charge in [0.15, 0.2) is 0 Å². The van der Waals surface area contributed by atoms with Crippen molar-refractivity contribution in [2.45, 2.75) is 18.8 Å². The summed E-state index contributed by atoms with van der Waals surface area (Å²) in [6.45, 7) is 0.639. The molecule has 0 bridgehead atoms. The Balaban J connectivity index is 1.62. The van der Waals surface area contributed by atoms with Crippen LogP contribution in [0.1, 0.15) is 33.0 Å². The van der Waals surface area contributed by atoms with Crippen molar-refractivity contribution in [3.63, 3.8) is 0 Å². The third-order valence-electron chi connectivity index (χ3n) is 5.07. The average molecular weight is 387 g/mol. The molecule has 148 valence electrons. The molecule has 3 aromatic carbocycles. The second-order valence-corrected chi connectivity index (χ2v) is 7.16. The van der Waals surface area contributed by atoms with Crippen molar-refractivity contribution in [3.8, 4) is 0 Å². The first-order valence-corrected chi connectivity index (χ1v) is 9.70. The predicted molar refractivity (Wildman–Crippen MR) is 114 cm³/mol. The zero-order valence-corrected chi connectivity index (χ0v) is 16.5. The lowest BCUT2D eigenvalue weighted by atomic mass is 9.92. The molecule has 0 saturated heterocycles. The highest BCUT2D eigenvalue weighted by Gasteiger charge is 2.20. The van der Waals surface area contributed by atoms with Crippen LogP contribution >= 0.6 is 0 Å². The molecular weight excluding hydrogens is 362 g/mol. The van der Waals surface area contributed by atoms with E-state index in [2.05, 4.69) is 12.1 Å². The quantitative estimate of drug-likeness (QED) is 0.623. The summed E-state index contributed by atoms with van der Waals surface area (Å²) in [6, 6.07) is 26.6. The Bertz CT molecular complexity index is 937. The Morgan fingerprint density at radius 1 is 0.828 bits per heavy atom. The zero-order chi connectivity index (χ0) is 20.6. The standard InChI is InChI=1S/C25H25NO3/c1-26(17-16-19-8-4-2-5-9-19)24(27)22-14-12-20(13-15-22)18-23(25(28)29)21-10-6-3-7-11-21/h2-15,23H,16-18H2,1H3,(H,28,29). The van der Waals surface area contributed by atoms with Crippen molar-refractivity contribution in [1.29, 1.82) is 0 Å². The number of hydrogen-bond donors (Lipinski definition) is 1. The maximum atomic E-state index is 12.7. The summed E-state index contributed by atoms with van der Waals surface area (Å²) in [7, 11) is 1.80. The van der Waals surface area contributed by atoms with E-state index in [-0.39, 0.29) is 5.91 Å². The molecule has 3 aromatic rings. The van der Waals surface area contributed by atoms with E-state index in [1.807, 2.05) is 60.7 Å². The summed E-state index contributed by atoms with van der Waals surface area (Å²) < 4.78 is 0. The average Bonchev–Trinajstić information content (AvgIpc) is 2.77. The number of carbonyl (C=O) groups is 2. The first-order chi connectivity index (χ1) is 14.0. The van der Waals surface area contributed by atoms with Gasteiger partial charge in [0.05, 0.1) is 5.92 Å². The number of hydrogen-bond acceptors (Lipinski definition) is 2. The summed E-state index contributed by atoms with van der Waals surface area (Å²) >= 11 is 0. The molecule has 1 amide bonds. The molecule has 3 rings (SSSR count). The molecule has 0 saturated carbocycles. The highest BCUT2D eigenvalue weighted by atomic mass is 16.4. The van der Waals surface area contributed by atoms with Crippen LogP contribution in [-0.4, -0.2) is 35.5 Å². The minimum Gasteiger partial charge on any atom is -0.481 e. The molecule has 0 spiro atoms. The van der Waals surface area contributed by atoms with Crippen LogP contribution in [-0.2, 0) is 17.6 Å². The zero-order valence-electron chi connectivity index (χ0n) is 16.5. The molecule has 1 atom stereocenters. The molecule has 4 nitrogen and oxygen atoms in total. The number of amides is 1. The van der Waals surface area contributed by atoms with Gasteiger partial charge >= 0.3 is 5.97 Å². The smallest absolute Gasteiger partial charge is 0.311 e. The van der Waals surface area contributed by atoms with Gasteiger partial charge in [-0.2, -0.15) is 0 Å². The fraction of sp³-hybridized carbons (Fsp3) is 0.200. The lowest BCUT2D eigenvalue weighted by Crippen LogP contribution is -2.28. The Morgan fingerprint density at radius 3 is 2.00 bits per heavy atom. The summed E-state index contributed by atoms with van der Waals surface area (Å²) in [5.74, 6) is -1.49. The van der Waals surface area contributed by atoms with Gasteiger partial charge in [-0.05, 0) is 41.7 Å². The molecule has 0 aliphatic heterocycles. The normalized spacial score (nSPS) is 11.6. The van der Waals surface area contributed by atoms with Crippen LogP contribution < -0.4 is 0 Å². The van der Waals surface area contributed by atoms with Crippen molar-refractivity contribution in [3.05, 3.63) is 107 Å². The Labute approximate surface area is 171 Å². The second-order valence-electron chi connectivity index (χ2n) is 7.16.